The van der Waals surface area contributed by atoms with Crippen LogP contribution >= 0.6 is 27.5 Å². The first kappa shape index (κ1) is 16.2. The average Bonchev–Trinajstić information content (AvgIpc) is 2.68. The second-order valence-electron chi connectivity index (χ2n) is 4.49. The standard InChI is InChI=1S/C13H10BrClF3NO2/c1-2-7-3-11(20)19(6-7)12-9(14)4-8(5-10(12)15)21-13(16,17)18/h2,4-5,7H,1,3,6H2. The van der Waals surface area contributed by atoms with Crippen LogP contribution in [0.2, 0.25) is 5.02 Å². The molecule has 1 aromatic rings. The third-order valence-electron chi connectivity index (χ3n) is 2.98. The van der Waals surface area contributed by atoms with Gasteiger partial charge in [-0.25, -0.2) is 0 Å². The van der Waals surface area contributed by atoms with E-state index < -0.39 is 12.1 Å². The van der Waals surface area contributed by atoms with Crippen molar-refractivity contribution < 1.29 is 22.7 Å². The van der Waals surface area contributed by atoms with Gasteiger partial charge in [0.05, 0.1) is 10.7 Å². The molecule has 1 heterocycles. The van der Waals surface area contributed by atoms with Crippen LogP contribution in [0.25, 0.3) is 0 Å². The molecule has 0 bridgehead atoms. The summed E-state index contributed by atoms with van der Waals surface area (Å²) in [5.41, 5.74) is 0.334. The summed E-state index contributed by atoms with van der Waals surface area (Å²) >= 11 is 9.14. The molecule has 3 nitrogen and oxygen atoms in total. The Hall–Kier alpha value is -1.21. The normalized spacial score (nSPS) is 19.0. The summed E-state index contributed by atoms with van der Waals surface area (Å²) in [4.78, 5) is 13.4. The molecule has 0 N–H and O–H groups in total. The zero-order chi connectivity index (χ0) is 15.8. The van der Waals surface area contributed by atoms with Gasteiger partial charge in [0, 0.05) is 29.4 Å². The Kier molecular flexibility index (Phi) is 4.53. The number of hydrogen-bond acceptors (Lipinski definition) is 2. The van der Waals surface area contributed by atoms with Crippen LogP contribution in [0, 0.1) is 5.92 Å². The van der Waals surface area contributed by atoms with Gasteiger partial charge in [0.1, 0.15) is 5.75 Å². The van der Waals surface area contributed by atoms with Gasteiger partial charge in [-0.2, -0.15) is 0 Å². The number of hydrogen-bond donors (Lipinski definition) is 0. The van der Waals surface area contributed by atoms with E-state index in [4.69, 9.17) is 11.6 Å². The zero-order valence-corrected chi connectivity index (χ0v) is 12.9. The van der Waals surface area contributed by atoms with E-state index in [0.29, 0.717) is 18.7 Å². The van der Waals surface area contributed by atoms with E-state index in [-0.39, 0.29) is 21.3 Å². The number of alkyl halides is 3. The first-order valence-corrected chi connectivity index (χ1v) is 7.06. The van der Waals surface area contributed by atoms with Crippen LogP contribution in [0.5, 0.6) is 5.75 Å². The molecule has 1 atom stereocenters. The number of ether oxygens (including phenoxy) is 1. The zero-order valence-electron chi connectivity index (χ0n) is 10.6. The van der Waals surface area contributed by atoms with E-state index in [1.165, 1.54) is 4.90 Å². The number of rotatable bonds is 3. The maximum absolute atomic E-state index is 12.2. The maximum Gasteiger partial charge on any atom is 0.573 e. The Labute approximate surface area is 132 Å². The van der Waals surface area contributed by atoms with Crippen molar-refractivity contribution in [1.29, 1.82) is 0 Å². The van der Waals surface area contributed by atoms with Crippen molar-refractivity contribution in [2.75, 3.05) is 11.4 Å². The molecular weight excluding hydrogens is 374 g/mol. The van der Waals surface area contributed by atoms with Crippen molar-refractivity contribution in [3.63, 3.8) is 0 Å². The van der Waals surface area contributed by atoms with E-state index in [2.05, 4.69) is 27.2 Å². The number of benzene rings is 1. The molecule has 1 unspecified atom stereocenters. The highest BCUT2D eigenvalue weighted by atomic mass is 79.9. The lowest BCUT2D eigenvalue weighted by atomic mass is 10.1. The monoisotopic (exact) mass is 383 g/mol. The first-order valence-electron chi connectivity index (χ1n) is 5.89. The predicted octanol–water partition coefficient (Wildman–Crippen LogP) is 4.54. The number of carbonyl (C=O) groups is 1. The third-order valence-corrected chi connectivity index (χ3v) is 3.87. The molecule has 1 aromatic carbocycles. The summed E-state index contributed by atoms with van der Waals surface area (Å²) in [6, 6.07) is 2.16. The van der Waals surface area contributed by atoms with Crippen molar-refractivity contribution in [3.8, 4) is 5.75 Å². The molecule has 1 aliphatic rings. The smallest absolute Gasteiger partial charge is 0.406 e. The van der Waals surface area contributed by atoms with Gasteiger partial charge in [-0.15, -0.1) is 19.8 Å². The number of carbonyl (C=O) groups excluding carboxylic acids is 1. The van der Waals surface area contributed by atoms with E-state index in [1.54, 1.807) is 6.08 Å². The van der Waals surface area contributed by atoms with Crippen molar-refractivity contribution in [2.45, 2.75) is 12.8 Å². The van der Waals surface area contributed by atoms with Crippen LogP contribution in [0.3, 0.4) is 0 Å². The minimum atomic E-state index is -4.80. The Bertz CT molecular complexity index is 568. The molecule has 0 saturated carbocycles. The summed E-state index contributed by atoms with van der Waals surface area (Å²) in [7, 11) is 0. The van der Waals surface area contributed by atoms with Crippen LogP contribution in [0.15, 0.2) is 29.3 Å². The van der Waals surface area contributed by atoms with Crippen molar-refractivity contribution in [2.24, 2.45) is 5.92 Å². The van der Waals surface area contributed by atoms with Crippen LogP contribution in [0.4, 0.5) is 18.9 Å². The molecule has 0 aliphatic carbocycles. The summed E-state index contributed by atoms with van der Waals surface area (Å²) in [6.07, 6.45) is -2.84. The van der Waals surface area contributed by atoms with Crippen LogP contribution in [0.1, 0.15) is 6.42 Å². The second-order valence-corrected chi connectivity index (χ2v) is 5.75. The summed E-state index contributed by atoms with van der Waals surface area (Å²) in [6.45, 7) is 4.02. The molecular formula is C13H10BrClF3NO2. The lowest BCUT2D eigenvalue weighted by Gasteiger charge is -2.20. The molecule has 0 aromatic heterocycles. The van der Waals surface area contributed by atoms with Gasteiger partial charge >= 0.3 is 6.36 Å². The van der Waals surface area contributed by atoms with Crippen molar-refractivity contribution >= 4 is 39.1 Å². The SMILES string of the molecule is C=CC1CC(=O)N(c2c(Cl)cc(OC(F)(F)F)cc2Br)C1. The molecule has 21 heavy (non-hydrogen) atoms. The third kappa shape index (κ3) is 3.71. The van der Waals surface area contributed by atoms with Crippen molar-refractivity contribution in [3.05, 3.63) is 34.3 Å². The number of amides is 1. The summed E-state index contributed by atoms with van der Waals surface area (Å²) in [5, 5.41) is 0.00156. The average molecular weight is 385 g/mol. The number of anilines is 1. The quantitative estimate of drug-likeness (QED) is 0.716. The predicted molar refractivity (Wildman–Crippen MR) is 76.5 cm³/mol. The van der Waals surface area contributed by atoms with Crippen LogP contribution < -0.4 is 9.64 Å². The van der Waals surface area contributed by atoms with E-state index in [9.17, 15) is 18.0 Å². The molecule has 1 fully saturated rings. The van der Waals surface area contributed by atoms with Crippen molar-refractivity contribution in [1.82, 2.24) is 0 Å². The molecule has 2 rings (SSSR count). The van der Waals surface area contributed by atoms with Crippen LogP contribution in [-0.4, -0.2) is 18.8 Å². The molecule has 8 heteroatoms. The highest BCUT2D eigenvalue weighted by molar-refractivity contribution is 9.10. The highest BCUT2D eigenvalue weighted by Crippen LogP contribution is 2.41. The molecule has 1 saturated heterocycles. The molecule has 114 valence electrons. The lowest BCUT2D eigenvalue weighted by molar-refractivity contribution is -0.274. The van der Waals surface area contributed by atoms with E-state index in [1.807, 2.05) is 0 Å². The van der Waals surface area contributed by atoms with Gasteiger partial charge in [-0.05, 0) is 22.0 Å². The maximum atomic E-state index is 12.2. The summed E-state index contributed by atoms with van der Waals surface area (Å²) in [5.74, 6) is -0.617. The van der Waals surface area contributed by atoms with E-state index >= 15 is 0 Å². The number of halogens is 5. The molecule has 0 spiro atoms. The minimum Gasteiger partial charge on any atom is -0.406 e. The van der Waals surface area contributed by atoms with Gasteiger partial charge in [0.15, 0.2) is 0 Å². The molecule has 0 radical (unpaired) electrons. The highest BCUT2D eigenvalue weighted by Gasteiger charge is 2.34. The first-order chi connectivity index (χ1) is 9.71. The Morgan fingerprint density at radius 2 is 2.14 bits per heavy atom. The van der Waals surface area contributed by atoms with Gasteiger partial charge in [0.2, 0.25) is 5.91 Å². The van der Waals surface area contributed by atoms with E-state index in [0.717, 1.165) is 12.1 Å². The second kappa shape index (κ2) is 5.88. The van der Waals surface area contributed by atoms with Gasteiger partial charge in [-0.3, -0.25) is 4.79 Å². The van der Waals surface area contributed by atoms with Gasteiger partial charge in [0.25, 0.3) is 0 Å². The fraction of sp³-hybridized carbons (Fsp3) is 0.308. The number of nitrogens with zero attached hydrogens (tertiary/aromatic N) is 1. The topological polar surface area (TPSA) is 29.5 Å². The Morgan fingerprint density at radius 3 is 2.62 bits per heavy atom. The van der Waals surface area contributed by atoms with Gasteiger partial charge in [-0.1, -0.05) is 17.7 Å². The Balaban J connectivity index is 2.34. The summed E-state index contributed by atoms with van der Waals surface area (Å²) < 4.78 is 40.7. The van der Waals surface area contributed by atoms with Crippen LogP contribution in [-0.2, 0) is 4.79 Å². The molecule has 1 amide bonds. The lowest BCUT2D eigenvalue weighted by Crippen LogP contribution is -2.25. The largest absolute Gasteiger partial charge is 0.573 e. The fourth-order valence-corrected chi connectivity index (χ4v) is 3.18. The Morgan fingerprint density at radius 1 is 1.48 bits per heavy atom. The molecule has 1 aliphatic heterocycles. The minimum absolute atomic E-state index is 0.00156. The fourth-order valence-electron chi connectivity index (χ4n) is 2.10. The van der Waals surface area contributed by atoms with Gasteiger partial charge < -0.3 is 9.64 Å².